The number of aromatic hydroxyl groups is 1. The fourth-order valence-electron chi connectivity index (χ4n) is 2.04. The highest BCUT2D eigenvalue weighted by molar-refractivity contribution is 6.30. The molecule has 0 saturated carbocycles. The minimum Gasteiger partial charge on any atom is -0.508 e. The lowest BCUT2D eigenvalue weighted by Gasteiger charge is -2.05. The van der Waals surface area contributed by atoms with E-state index < -0.39 is 0 Å². The SMILES string of the molecule is Oc1cccc(NCc2c(Cl)oc3ccccc23)c1. The van der Waals surface area contributed by atoms with E-state index >= 15 is 0 Å². The van der Waals surface area contributed by atoms with Gasteiger partial charge in [0.15, 0.2) is 5.22 Å². The highest BCUT2D eigenvalue weighted by Crippen LogP contribution is 2.30. The summed E-state index contributed by atoms with van der Waals surface area (Å²) < 4.78 is 5.49. The van der Waals surface area contributed by atoms with Crippen molar-refractivity contribution in [3.05, 3.63) is 59.3 Å². The summed E-state index contributed by atoms with van der Waals surface area (Å²) >= 11 is 6.11. The Morgan fingerprint density at radius 2 is 1.95 bits per heavy atom. The van der Waals surface area contributed by atoms with Gasteiger partial charge in [-0.2, -0.15) is 0 Å². The third-order valence-electron chi connectivity index (χ3n) is 2.96. The Bertz CT molecular complexity index is 721. The molecule has 0 spiro atoms. The van der Waals surface area contributed by atoms with Gasteiger partial charge in [0.1, 0.15) is 11.3 Å². The smallest absolute Gasteiger partial charge is 0.199 e. The van der Waals surface area contributed by atoms with Crippen LogP contribution < -0.4 is 5.32 Å². The molecule has 0 fully saturated rings. The number of rotatable bonds is 3. The molecule has 19 heavy (non-hydrogen) atoms. The second-order valence-corrected chi connectivity index (χ2v) is 4.60. The van der Waals surface area contributed by atoms with E-state index in [-0.39, 0.29) is 5.75 Å². The molecule has 0 radical (unpaired) electrons. The normalized spacial score (nSPS) is 10.8. The summed E-state index contributed by atoms with van der Waals surface area (Å²) in [5.74, 6) is 0.230. The van der Waals surface area contributed by atoms with Crippen LogP contribution in [0.2, 0.25) is 5.22 Å². The van der Waals surface area contributed by atoms with Crippen molar-refractivity contribution in [3.63, 3.8) is 0 Å². The Labute approximate surface area is 115 Å². The number of anilines is 1. The average Bonchev–Trinajstić information content (AvgIpc) is 2.72. The summed E-state index contributed by atoms with van der Waals surface area (Å²) in [6, 6.07) is 14.7. The number of benzene rings is 2. The van der Waals surface area contributed by atoms with E-state index in [1.54, 1.807) is 18.2 Å². The van der Waals surface area contributed by atoms with Crippen molar-refractivity contribution in [2.45, 2.75) is 6.54 Å². The molecule has 1 aromatic heterocycles. The maximum atomic E-state index is 9.41. The van der Waals surface area contributed by atoms with Crippen molar-refractivity contribution in [2.24, 2.45) is 0 Å². The van der Waals surface area contributed by atoms with Gasteiger partial charge in [0.2, 0.25) is 0 Å². The van der Waals surface area contributed by atoms with Crippen LogP contribution in [0.1, 0.15) is 5.56 Å². The lowest BCUT2D eigenvalue weighted by atomic mass is 10.2. The molecule has 4 heteroatoms. The van der Waals surface area contributed by atoms with E-state index in [4.69, 9.17) is 16.0 Å². The number of hydrogen-bond acceptors (Lipinski definition) is 3. The summed E-state index contributed by atoms with van der Waals surface area (Å²) in [5.41, 5.74) is 2.53. The topological polar surface area (TPSA) is 45.4 Å². The first-order valence-electron chi connectivity index (χ1n) is 5.93. The molecule has 0 amide bonds. The number of fused-ring (bicyclic) bond motifs is 1. The summed E-state index contributed by atoms with van der Waals surface area (Å²) in [4.78, 5) is 0. The van der Waals surface area contributed by atoms with Gasteiger partial charge in [0.25, 0.3) is 0 Å². The number of phenolic OH excluding ortho intramolecular Hbond substituents is 1. The number of nitrogens with one attached hydrogen (secondary N) is 1. The van der Waals surface area contributed by atoms with Crippen LogP contribution in [0.15, 0.2) is 52.9 Å². The standard InChI is InChI=1S/C15H12ClNO2/c16-15-13(12-6-1-2-7-14(12)19-15)9-17-10-4-3-5-11(18)8-10/h1-8,17-18H,9H2. The molecule has 0 atom stereocenters. The zero-order chi connectivity index (χ0) is 13.2. The Morgan fingerprint density at radius 1 is 1.11 bits per heavy atom. The number of halogens is 1. The molecular weight excluding hydrogens is 262 g/mol. The van der Waals surface area contributed by atoms with Crippen molar-refractivity contribution in [1.82, 2.24) is 0 Å². The minimum atomic E-state index is 0.230. The zero-order valence-corrected chi connectivity index (χ0v) is 10.8. The predicted molar refractivity (Wildman–Crippen MR) is 76.7 cm³/mol. The maximum absolute atomic E-state index is 9.41. The van der Waals surface area contributed by atoms with Gasteiger partial charge in [-0.1, -0.05) is 24.3 Å². The average molecular weight is 274 g/mol. The maximum Gasteiger partial charge on any atom is 0.199 e. The molecule has 2 aromatic carbocycles. The van der Waals surface area contributed by atoms with Gasteiger partial charge in [-0.15, -0.1) is 0 Å². The Kier molecular flexibility index (Phi) is 3.05. The van der Waals surface area contributed by atoms with Gasteiger partial charge in [-0.3, -0.25) is 0 Å². The second kappa shape index (κ2) is 4.86. The van der Waals surface area contributed by atoms with Crippen molar-refractivity contribution >= 4 is 28.3 Å². The number of furan rings is 1. The third kappa shape index (κ3) is 2.37. The molecule has 3 nitrogen and oxygen atoms in total. The van der Waals surface area contributed by atoms with Crippen molar-refractivity contribution in [1.29, 1.82) is 0 Å². The molecule has 3 rings (SSSR count). The number of hydrogen-bond donors (Lipinski definition) is 2. The van der Waals surface area contributed by atoms with Crippen LogP contribution >= 0.6 is 11.6 Å². The van der Waals surface area contributed by atoms with E-state index in [0.29, 0.717) is 11.8 Å². The molecule has 2 N–H and O–H groups in total. The fraction of sp³-hybridized carbons (Fsp3) is 0.0667. The second-order valence-electron chi connectivity index (χ2n) is 4.25. The third-order valence-corrected chi connectivity index (χ3v) is 3.27. The summed E-state index contributed by atoms with van der Waals surface area (Å²) in [6.07, 6.45) is 0. The Hall–Kier alpha value is -2.13. The van der Waals surface area contributed by atoms with Crippen LogP contribution in [0, 0.1) is 0 Å². The number of para-hydroxylation sites is 1. The first kappa shape index (κ1) is 11.9. The molecule has 96 valence electrons. The van der Waals surface area contributed by atoms with Crippen LogP contribution in [-0.4, -0.2) is 5.11 Å². The Morgan fingerprint density at radius 3 is 2.79 bits per heavy atom. The van der Waals surface area contributed by atoms with E-state index in [2.05, 4.69) is 5.32 Å². The van der Waals surface area contributed by atoms with Gasteiger partial charge in [0, 0.05) is 29.2 Å². The molecule has 0 aliphatic carbocycles. The number of phenols is 1. The summed E-state index contributed by atoms with van der Waals surface area (Å²) in [7, 11) is 0. The molecule has 0 unspecified atom stereocenters. The monoisotopic (exact) mass is 273 g/mol. The van der Waals surface area contributed by atoms with Crippen LogP contribution in [0.4, 0.5) is 5.69 Å². The highest BCUT2D eigenvalue weighted by atomic mass is 35.5. The molecular formula is C15H12ClNO2. The fourth-order valence-corrected chi connectivity index (χ4v) is 2.29. The van der Waals surface area contributed by atoms with E-state index in [9.17, 15) is 5.11 Å². The molecule has 3 aromatic rings. The van der Waals surface area contributed by atoms with Crippen molar-refractivity contribution < 1.29 is 9.52 Å². The Balaban J connectivity index is 1.87. The van der Waals surface area contributed by atoms with Crippen LogP contribution in [-0.2, 0) is 6.54 Å². The van der Waals surface area contributed by atoms with Gasteiger partial charge < -0.3 is 14.8 Å². The predicted octanol–water partition coefficient (Wildman–Crippen LogP) is 4.40. The first-order chi connectivity index (χ1) is 9.24. The lowest BCUT2D eigenvalue weighted by molar-refractivity contribution is 0.475. The lowest BCUT2D eigenvalue weighted by Crippen LogP contribution is -1.98. The highest BCUT2D eigenvalue weighted by Gasteiger charge is 2.11. The van der Waals surface area contributed by atoms with Crippen LogP contribution in [0.25, 0.3) is 11.0 Å². The van der Waals surface area contributed by atoms with E-state index in [1.807, 2.05) is 30.3 Å². The van der Waals surface area contributed by atoms with E-state index in [0.717, 1.165) is 22.2 Å². The van der Waals surface area contributed by atoms with Gasteiger partial charge >= 0.3 is 0 Å². The quantitative estimate of drug-likeness (QED) is 0.743. The van der Waals surface area contributed by atoms with Gasteiger partial charge in [0.05, 0.1) is 0 Å². The zero-order valence-electron chi connectivity index (χ0n) is 10.1. The first-order valence-corrected chi connectivity index (χ1v) is 6.30. The van der Waals surface area contributed by atoms with Crippen LogP contribution in [0.3, 0.4) is 0 Å². The summed E-state index contributed by atoms with van der Waals surface area (Å²) in [6.45, 7) is 0.541. The summed E-state index contributed by atoms with van der Waals surface area (Å²) in [5, 5.41) is 14.0. The van der Waals surface area contributed by atoms with Crippen molar-refractivity contribution in [2.75, 3.05) is 5.32 Å². The van der Waals surface area contributed by atoms with Crippen molar-refractivity contribution in [3.8, 4) is 5.75 Å². The molecule has 0 bridgehead atoms. The largest absolute Gasteiger partial charge is 0.508 e. The van der Waals surface area contributed by atoms with Crippen LogP contribution in [0.5, 0.6) is 5.75 Å². The minimum absolute atomic E-state index is 0.230. The molecule has 1 heterocycles. The molecule has 0 aliphatic heterocycles. The molecule has 0 saturated heterocycles. The van der Waals surface area contributed by atoms with Gasteiger partial charge in [-0.25, -0.2) is 0 Å². The molecule has 0 aliphatic rings. The van der Waals surface area contributed by atoms with E-state index in [1.165, 1.54) is 0 Å². The van der Waals surface area contributed by atoms with Gasteiger partial charge in [-0.05, 0) is 29.8 Å².